The first kappa shape index (κ1) is 11.9. The molecule has 0 bridgehead atoms. The molecule has 0 aromatic heterocycles. The number of carbonyl (C=O) groups excluding carboxylic acids is 2. The maximum Gasteiger partial charge on any atom is 0.413 e. The Morgan fingerprint density at radius 1 is 1.71 bits per heavy atom. The van der Waals surface area contributed by atoms with E-state index in [0.717, 1.165) is 6.42 Å². The zero-order valence-corrected chi connectivity index (χ0v) is 10.0. The van der Waals surface area contributed by atoms with Crippen molar-refractivity contribution in [2.75, 3.05) is 13.7 Å². The number of ketones is 1. The molecular weight excluding hydrogens is 218 g/mol. The van der Waals surface area contributed by atoms with Gasteiger partial charge in [0.2, 0.25) is 0 Å². The van der Waals surface area contributed by atoms with E-state index in [2.05, 4.69) is 6.58 Å². The van der Waals surface area contributed by atoms with Crippen LogP contribution in [0.3, 0.4) is 0 Å². The van der Waals surface area contributed by atoms with Crippen LogP contribution in [0.5, 0.6) is 0 Å². The summed E-state index contributed by atoms with van der Waals surface area (Å²) in [6, 6.07) is 0. The van der Waals surface area contributed by atoms with Gasteiger partial charge in [0.1, 0.15) is 5.78 Å². The average molecular weight is 235 g/mol. The summed E-state index contributed by atoms with van der Waals surface area (Å²) in [6.07, 6.45) is 7.13. The first-order valence-electron chi connectivity index (χ1n) is 5.79. The predicted octanol–water partition coefficient (Wildman–Crippen LogP) is 2.12. The zero-order chi connectivity index (χ0) is 12.5. The van der Waals surface area contributed by atoms with Crippen molar-refractivity contribution in [3.63, 3.8) is 0 Å². The van der Waals surface area contributed by atoms with Crippen LogP contribution in [-0.4, -0.2) is 30.4 Å². The number of nitrogens with zero attached hydrogens (tertiary/aromatic N) is 1. The molecule has 2 aliphatic rings. The number of ether oxygens (including phenoxy) is 1. The molecular formula is C13H17NO3. The fraction of sp³-hybridized carbons (Fsp3) is 0.538. The zero-order valence-electron chi connectivity index (χ0n) is 10.0. The molecule has 4 heteroatoms. The number of Topliss-reactive ketones (excluding diaryl/α,β-unsaturated/α-hetero) is 1. The van der Waals surface area contributed by atoms with Crippen LogP contribution in [0.4, 0.5) is 4.79 Å². The van der Waals surface area contributed by atoms with Gasteiger partial charge in [0, 0.05) is 31.0 Å². The van der Waals surface area contributed by atoms with Gasteiger partial charge in [-0.3, -0.25) is 9.69 Å². The van der Waals surface area contributed by atoms with Crippen molar-refractivity contribution in [2.24, 2.45) is 11.3 Å². The van der Waals surface area contributed by atoms with Gasteiger partial charge in [-0.05, 0) is 12.3 Å². The molecule has 0 unspecified atom stereocenters. The second-order valence-electron chi connectivity index (χ2n) is 4.74. The fourth-order valence-corrected chi connectivity index (χ4v) is 2.76. The second-order valence-corrected chi connectivity index (χ2v) is 4.74. The van der Waals surface area contributed by atoms with E-state index in [1.54, 1.807) is 6.20 Å². The summed E-state index contributed by atoms with van der Waals surface area (Å²) in [5.41, 5.74) is -0.307. The van der Waals surface area contributed by atoms with Crippen molar-refractivity contribution in [1.82, 2.24) is 4.90 Å². The molecule has 0 aromatic carbocycles. The Bertz CT molecular complexity index is 388. The lowest BCUT2D eigenvalue weighted by molar-refractivity contribution is -0.124. The van der Waals surface area contributed by atoms with E-state index in [1.807, 2.05) is 12.2 Å². The molecule has 1 heterocycles. The van der Waals surface area contributed by atoms with E-state index >= 15 is 0 Å². The molecule has 0 aromatic rings. The highest BCUT2D eigenvalue weighted by molar-refractivity contribution is 5.81. The van der Waals surface area contributed by atoms with Gasteiger partial charge in [-0.1, -0.05) is 12.2 Å². The van der Waals surface area contributed by atoms with Gasteiger partial charge in [0.05, 0.1) is 7.11 Å². The van der Waals surface area contributed by atoms with E-state index in [-0.39, 0.29) is 17.3 Å². The minimum absolute atomic E-state index is 0.251. The minimum atomic E-state index is -0.390. The first-order valence-corrected chi connectivity index (χ1v) is 5.79. The highest BCUT2D eigenvalue weighted by Crippen LogP contribution is 2.44. The van der Waals surface area contributed by atoms with Crippen LogP contribution in [0.15, 0.2) is 24.9 Å². The van der Waals surface area contributed by atoms with Crippen LogP contribution in [0.25, 0.3) is 0 Å². The Morgan fingerprint density at radius 3 is 3.12 bits per heavy atom. The molecule has 0 radical (unpaired) electrons. The molecule has 4 nitrogen and oxygen atoms in total. The summed E-state index contributed by atoms with van der Waals surface area (Å²) >= 11 is 0. The Hall–Kier alpha value is -1.58. The molecule has 1 fully saturated rings. The smallest absolute Gasteiger partial charge is 0.413 e. The number of hydrogen-bond acceptors (Lipinski definition) is 3. The highest BCUT2D eigenvalue weighted by atomic mass is 16.5. The summed E-state index contributed by atoms with van der Waals surface area (Å²) in [7, 11) is 1.36. The number of carbonyl (C=O) groups is 2. The summed E-state index contributed by atoms with van der Waals surface area (Å²) in [6.45, 7) is 4.33. The van der Waals surface area contributed by atoms with Crippen molar-refractivity contribution in [2.45, 2.75) is 19.3 Å². The lowest BCUT2D eigenvalue weighted by Crippen LogP contribution is -2.47. The van der Waals surface area contributed by atoms with Crippen LogP contribution in [0.2, 0.25) is 0 Å². The van der Waals surface area contributed by atoms with Crippen LogP contribution in [0.1, 0.15) is 19.3 Å². The predicted molar refractivity (Wildman–Crippen MR) is 63.2 cm³/mol. The standard InChI is InChI=1S/C13H17NO3/c1-3-13-8-11(15)5-4-10(13)6-7-14(9-13)12(16)17-2/h3,6-7,10H,1,4-5,8-9H2,2H3/t10-,13+/m1/s1. The lowest BCUT2D eigenvalue weighted by atomic mass is 9.64. The first-order chi connectivity index (χ1) is 8.11. The number of fused-ring (bicyclic) bond motifs is 1. The SMILES string of the molecule is C=C[C@@]12CC(=O)CC[C@@H]1C=CN(C(=O)OC)C2. The molecule has 0 N–H and O–H groups in total. The molecule has 1 aliphatic carbocycles. The Morgan fingerprint density at radius 2 is 2.47 bits per heavy atom. The van der Waals surface area contributed by atoms with Crippen LogP contribution in [0, 0.1) is 11.3 Å². The van der Waals surface area contributed by atoms with Crippen molar-refractivity contribution in [1.29, 1.82) is 0 Å². The molecule has 0 saturated heterocycles. The van der Waals surface area contributed by atoms with E-state index in [1.165, 1.54) is 12.0 Å². The van der Waals surface area contributed by atoms with Gasteiger partial charge in [-0.25, -0.2) is 4.79 Å². The van der Waals surface area contributed by atoms with Gasteiger partial charge < -0.3 is 4.74 Å². The van der Waals surface area contributed by atoms with E-state index in [4.69, 9.17) is 4.74 Å². The van der Waals surface area contributed by atoms with Crippen molar-refractivity contribution < 1.29 is 14.3 Å². The maximum atomic E-state index is 11.6. The molecule has 92 valence electrons. The van der Waals surface area contributed by atoms with Crippen LogP contribution >= 0.6 is 0 Å². The highest BCUT2D eigenvalue weighted by Gasteiger charge is 2.44. The topological polar surface area (TPSA) is 46.6 Å². The third-order valence-electron chi connectivity index (χ3n) is 3.78. The quantitative estimate of drug-likeness (QED) is 0.654. The van der Waals surface area contributed by atoms with E-state index in [9.17, 15) is 9.59 Å². The summed E-state index contributed by atoms with van der Waals surface area (Å²) < 4.78 is 4.70. The molecule has 1 aliphatic heterocycles. The molecule has 2 atom stereocenters. The minimum Gasteiger partial charge on any atom is -0.452 e. The number of rotatable bonds is 1. The van der Waals surface area contributed by atoms with Gasteiger partial charge in [-0.2, -0.15) is 0 Å². The van der Waals surface area contributed by atoms with Gasteiger partial charge in [-0.15, -0.1) is 6.58 Å². The monoisotopic (exact) mass is 235 g/mol. The Balaban J connectivity index is 2.27. The maximum absolute atomic E-state index is 11.6. The molecule has 0 spiro atoms. The number of methoxy groups -OCH3 is 1. The summed E-state index contributed by atoms with van der Waals surface area (Å²) in [4.78, 5) is 24.6. The molecule has 2 rings (SSSR count). The lowest BCUT2D eigenvalue weighted by Gasteiger charge is -2.45. The number of hydrogen-bond donors (Lipinski definition) is 0. The third kappa shape index (κ3) is 1.99. The number of amides is 1. The second kappa shape index (κ2) is 4.35. The molecule has 17 heavy (non-hydrogen) atoms. The van der Waals surface area contributed by atoms with Gasteiger partial charge in [0.15, 0.2) is 0 Å². The van der Waals surface area contributed by atoms with Crippen molar-refractivity contribution in [3.8, 4) is 0 Å². The number of allylic oxidation sites excluding steroid dienone is 1. The molecule has 1 amide bonds. The van der Waals surface area contributed by atoms with E-state index in [0.29, 0.717) is 25.3 Å². The van der Waals surface area contributed by atoms with E-state index < -0.39 is 0 Å². The van der Waals surface area contributed by atoms with Gasteiger partial charge in [0.25, 0.3) is 0 Å². The van der Waals surface area contributed by atoms with Crippen molar-refractivity contribution in [3.05, 3.63) is 24.9 Å². The third-order valence-corrected chi connectivity index (χ3v) is 3.78. The Labute approximate surface area is 101 Å². The Kier molecular flexibility index (Phi) is 3.05. The average Bonchev–Trinajstić information content (AvgIpc) is 2.36. The summed E-state index contributed by atoms with van der Waals surface area (Å²) in [5, 5.41) is 0. The normalized spacial score (nSPS) is 31.9. The van der Waals surface area contributed by atoms with Crippen molar-refractivity contribution >= 4 is 11.9 Å². The largest absolute Gasteiger partial charge is 0.452 e. The van der Waals surface area contributed by atoms with Gasteiger partial charge >= 0.3 is 6.09 Å². The van der Waals surface area contributed by atoms with Crippen LogP contribution in [-0.2, 0) is 9.53 Å². The molecule has 1 saturated carbocycles. The fourth-order valence-electron chi connectivity index (χ4n) is 2.76. The summed E-state index contributed by atoms with van der Waals surface area (Å²) in [5.74, 6) is 0.555. The van der Waals surface area contributed by atoms with Crippen LogP contribution < -0.4 is 0 Å².